The molecule has 2 N–H and O–H groups in total. The molecule has 1 saturated heterocycles. The number of carbonyl (C=O) groups is 1. The number of fused-ring (bicyclic) bond motifs is 1. The minimum atomic E-state index is -0.115. The maximum absolute atomic E-state index is 12.4. The first-order chi connectivity index (χ1) is 11.3. The number of H-pyrrole nitrogens is 1. The van der Waals surface area contributed by atoms with Gasteiger partial charge in [-0.2, -0.15) is 0 Å². The van der Waals surface area contributed by atoms with Crippen molar-refractivity contribution in [1.29, 1.82) is 0 Å². The summed E-state index contributed by atoms with van der Waals surface area (Å²) in [6, 6.07) is 13.5. The Morgan fingerprint density at radius 2 is 1.87 bits per heavy atom. The number of benzene rings is 2. The zero-order valence-electron chi connectivity index (χ0n) is 12.7. The number of anilines is 2. The monoisotopic (exact) mass is 306 g/mol. The number of hydrogen-bond donors (Lipinski definition) is 2. The van der Waals surface area contributed by atoms with Crippen LogP contribution in [0.5, 0.6) is 0 Å². The summed E-state index contributed by atoms with van der Waals surface area (Å²) in [6.07, 6.45) is 4.15. The Morgan fingerprint density at radius 3 is 2.65 bits per heavy atom. The lowest BCUT2D eigenvalue weighted by atomic mass is 10.2. The molecule has 5 nitrogen and oxygen atoms in total. The van der Waals surface area contributed by atoms with Crippen molar-refractivity contribution >= 4 is 28.3 Å². The number of amides is 1. The zero-order chi connectivity index (χ0) is 15.6. The second kappa shape index (κ2) is 5.76. The summed E-state index contributed by atoms with van der Waals surface area (Å²) >= 11 is 0. The van der Waals surface area contributed by atoms with Crippen LogP contribution in [0.3, 0.4) is 0 Å². The fourth-order valence-corrected chi connectivity index (χ4v) is 3.01. The van der Waals surface area contributed by atoms with Gasteiger partial charge in [0.2, 0.25) is 0 Å². The largest absolute Gasteiger partial charge is 0.372 e. The third-order valence-electron chi connectivity index (χ3n) is 4.28. The lowest BCUT2D eigenvalue weighted by molar-refractivity contribution is 0.102. The molecule has 2 aromatic carbocycles. The Bertz CT molecular complexity index is 832. The Kier molecular flexibility index (Phi) is 3.46. The van der Waals surface area contributed by atoms with E-state index in [-0.39, 0.29) is 5.91 Å². The van der Waals surface area contributed by atoms with E-state index < -0.39 is 0 Å². The minimum Gasteiger partial charge on any atom is -0.372 e. The van der Waals surface area contributed by atoms with Gasteiger partial charge in [-0.1, -0.05) is 0 Å². The molecule has 1 aliphatic heterocycles. The average molecular weight is 306 g/mol. The quantitative estimate of drug-likeness (QED) is 0.779. The highest BCUT2D eigenvalue weighted by atomic mass is 16.1. The van der Waals surface area contributed by atoms with Crippen LogP contribution in [0.4, 0.5) is 11.4 Å². The normalized spacial score (nSPS) is 14.3. The molecule has 5 heteroatoms. The number of hydrogen-bond acceptors (Lipinski definition) is 3. The highest BCUT2D eigenvalue weighted by Crippen LogP contribution is 2.22. The van der Waals surface area contributed by atoms with Gasteiger partial charge in [0.05, 0.1) is 17.4 Å². The van der Waals surface area contributed by atoms with Gasteiger partial charge in [0, 0.05) is 30.0 Å². The predicted molar refractivity (Wildman–Crippen MR) is 91.9 cm³/mol. The summed E-state index contributed by atoms with van der Waals surface area (Å²) in [6.45, 7) is 2.24. The van der Waals surface area contributed by atoms with Crippen LogP contribution in [0.25, 0.3) is 11.0 Å². The van der Waals surface area contributed by atoms with Gasteiger partial charge in [-0.15, -0.1) is 0 Å². The van der Waals surface area contributed by atoms with Crippen LogP contribution in [0.15, 0.2) is 48.8 Å². The Labute approximate surface area is 134 Å². The second-order valence-electron chi connectivity index (χ2n) is 5.83. The molecule has 3 aromatic rings. The fraction of sp³-hybridized carbons (Fsp3) is 0.222. The number of nitrogens with zero attached hydrogens (tertiary/aromatic N) is 2. The van der Waals surface area contributed by atoms with Crippen LogP contribution in [0.1, 0.15) is 23.2 Å². The summed E-state index contributed by atoms with van der Waals surface area (Å²) in [5, 5.41) is 2.94. The molecule has 2 heterocycles. The number of aromatic nitrogens is 2. The van der Waals surface area contributed by atoms with Crippen molar-refractivity contribution in [2.24, 2.45) is 0 Å². The topological polar surface area (TPSA) is 61.0 Å². The van der Waals surface area contributed by atoms with E-state index in [4.69, 9.17) is 0 Å². The van der Waals surface area contributed by atoms with Crippen molar-refractivity contribution in [3.05, 3.63) is 54.4 Å². The van der Waals surface area contributed by atoms with Gasteiger partial charge in [0.15, 0.2) is 0 Å². The van der Waals surface area contributed by atoms with Gasteiger partial charge in [-0.25, -0.2) is 4.98 Å². The van der Waals surface area contributed by atoms with Crippen molar-refractivity contribution in [2.45, 2.75) is 12.8 Å². The van der Waals surface area contributed by atoms with Gasteiger partial charge in [0.1, 0.15) is 0 Å². The molecule has 4 rings (SSSR count). The third kappa shape index (κ3) is 2.77. The molecular weight excluding hydrogens is 288 g/mol. The van der Waals surface area contributed by atoms with Crippen LogP contribution in [0, 0.1) is 0 Å². The first-order valence-electron chi connectivity index (χ1n) is 7.89. The highest BCUT2D eigenvalue weighted by molar-refractivity contribution is 6.05. The summed E-state index contributed by atoms with van der Waals surface area (Å²) in [4.78, 5) is 21.9. The molecule has 23 heavy (non-hydrogen) atoms. The maximum Gasteiger partial charge on any atom is 0.255 e. The maximum atomic E-state index is 12.4. The molecule has 0 aliphatic carbocycles. The van der Waals surface area contributed by atoms with Crippen LogP contribution in [-0.2, 0) is 0 Å². The van der Waals surface area contributed by atoms with E-state index in [0.717, 1.165) is 29.8 Å². The summed E-state index contributed by atoms with van der Waals surface area (Å²) in [5.41, 5.74) is 4.37. The molecule has 0 spiro atoms. The molecule has 1 aromatic heterocycles. The minimum absolute atomic E-state index is 0.115. The third-order valence-corrected chi connectivity index (χ3v) is 4.28. The lowest BCUT2D eigenvalue weighted by Crippen LogP contribution is -2.17. The SMILES string of the molecule is O=C(Nc1ccc(N2CCCC2)cc1)c1ccc2nc[nH]c2c1. The van der Waals surface area contributed by atoms with Crippen LogP contribution in [-0.4, -0.2) is 29.0 Å². The second-order valence-corrected chi connectivity index (χ2v) is 5.83. The van der Waals surface area contributed by atoms with E-state index in [1.54, 1.807) is 12.4 Å². The Balaban J connectivity index is 1.49. The van der Waals surface area contributed by atoms with E-state index in [1.807, 2.05) is 24.3 Å². The smallest absolute Gasteiger partial charge is 0.255 e. The molecule has 1 amide bonds. The van der Waals surface area contributed by atoms with Gasteiger partial charge < -0.3 is 15.2 Å². The first kappa shape index (κ1) is 13.8. The number of aromatic amines is 1. The fourth-order valence-electron chi connectivity index (χ4n) is 3.01. The van der Waals surface area contributed by atoms with Gasteiger partial charge in [-0.3, -0.25) is 4.79 Å². The van der Waals surface area contributed by atoms with Crippen LogP contribution >= 0.6 is 0 Å². The van der Waals surface area contributed by atoms with Gasteiger partial charge in [0.25, 0.3) is 5.91 Å². The lowest BCUT2D eigenvalue weighted by Gasteiger charge is -2.17. The van der Waals surface area contributed by atoms with Crippen molar-refractivity contribution in [3.8, 4) is 0 Å². The Hall–Kier alpha value is -2.82. The summed E-state index contributed by atoms with van der Waals surface area (Å²) in [7, 11) is 0. The van der Waals surface area contributed by atoms with Crippen LogP contribution in [0.2, 0.25) is 0 Å². The van der Waals surface area contributed by atoms with Gasteiger partial charge in [-0.05, 0) is 55.3 Å². The van der Waals surface area contributed by atoms with E-state index in [1.165, 1.54) is 18.5 Å². The molecule has 116 valence electrons. The van der Waals surface area contributed by atoms with Crippen molar-refractivity contribution in [2.75, 3.05) is 23.3 Å². The molecule has 0 saturated carbocycles. The average Bonchev–Trinajstić information content (AvgIpc) is 3.26. The molecule has 1 aliphatic rings. The summed E-state index contributed by atoms with van der Waals surface area (Å²) < 4.78 is 0. The van der Waals surface area contributed by atoms with Crippen molar-refractivity contribution in [1.82, 2.24) is 9.97 Å². The molecule has 0 unspecified atom stereocenters. The van der Waals surface area contributed by atoms with E-state index in [2.05, 4.69) is 32.3 Å². The summed E-state index contributed by atoms with van der Waals surface area (Å²) in [5.74, 6) is -0.115. The van der Waals surface area contributed by atoms with E-state index >= 15 is 0 Å². The number of imidazole rings is 1. The van der Waals surface area contributed by atoms with Gasteiger partial charge >= 0.3 is 0 Å². The molecular formula is C18H18N4O. The number of rotatable bonds is 3. The first-order valence-corrected chi connectivity index (χ1v) is 7.89. The van der Waals surface area contributed by atoms with E-state index in [9.17, 15) is 4.79 Å². The highest BCUT2D eigenvalue weighted by Gasteiger charge is 2.12. The molecule has 0 bridgehead atoms. The molecule has 0 radical (unpaired) electrons. The standard InChI is InChI=1S/C18H18N4O/c23-18(13-3-8-16-17(11-13)20-12-19-16)21-14-4-6-15(7-5-14)22-9-1-2-10-22/h3-8,11-12H,1-2,9-10H2,(H,19,20)(H,21,23). The number of carbonyl (C=O) groups excluding carboxylic acids is 1. The molecule has 1 fully saturated rings. The van der Waals surface area contributed by atoms with E-state index in [0.29, 0.717) is 5.56 Å². The predicted octanol–water partition coefficient (Wildman–Crippen LogP) is 3.42. The Morgan fingerprint density at radius 1 is 1.09 bits per heavy atom. The number of nitrogens with one attached hydrogen (secondary N) is 2. The van der Waals surface area contributed by atoms with Crippen molar-refractivity contribution < 1.29 is 4.79 Å². The van der Waals surface area contributed by atoms with Crippen LogP contribution < -0.4 is 10.2 Å². The molecule has 0 atom stereocenters. The van der Waals surface area contributed by atoms with Crippen molar-refractivity contribution in [3.63, 3.8) is 0 Å². The zero-order valence-corrected chi connectivity index (χ0v) is 12.7.